The maximum Gasteiger partial charge on any atom is 0.234 e. The predicted molar refractivity (Wildman–Crippen MR) is 52.1 cm³/mol. The number of furan rings is 1. The van der Waals surface area contributed by atoms with Crippen molar-refractivity contribution < 1.29 is 13.2 Å². The summed E-state index contributed by atoms with van der Waals surface area (Å²) in [5, 5.41) is 0. The Hall–Kier alpha value is -1.30. The third kappa shape index (κ3) is 1.90. The summed E-state index contributed by atoms with van der Waals surface area (Å²) >= 11 is 2.69. The maximum atomic E-state index is 13.1. The van der Waals surface area contributed by atoms with Crippen molar-refractivity contribution in [2.45, 2.75) is 6.92 Å². The molecule has 0 amide bonds. The van der Waals surface area contributed by atoms with Crippen LogP contribution in [0.5, 0.6) is 0 Å². The average molecular weight is 275 g/mol. The molecule has 0 saturated heterocycles. The van der Waals surface area contributed by atoms with E-state index in [1.165, 1.54) is 0 Å². The Kier molecular flexibility index (Phi) is 2.52. The standard InChI is InChI=1S/C9H5BrF2N2O/c1-4-2-3-5(15-4)9-13-7(11)6(10)8(12)14-9/h2-3H,1H3. The summed E-state index contributed by atoms with van der Waals surface area (Å²) in [6, 6.07) is 3.22. The molecule has 0 aliphatic carbocycles. The molecule has 0 saturated carbocycles. The molecular formula is C9H5BrF2N2O. The van der Waals surface area contributed by atoms with Gasteiger partial charge in [-0.15, -0.1) is 0 Å². The number of aromatic nitrogens is 2. The van der Waals surface area contributed by atoms with E-state index in [0.29, 0.717) is 5.76 Å². The van der Waals surface area contributed by atoms with Crippen molar-refractivity contribution in [3.05, 3.63) is 34.3 Å². The van der Waals surface area contributed by atoms with E-state index in [2.05, 4.69) is 25.9 Å². The van der Waals surface area contributed by atoms with E-state index in [9.17, 15) is 8.78 Å². The highest BCUT2D eigenvalue weighted by atomic mass is 79.9. The number of hydrogen-bond acceptors (Lipinski definition) is 3. The monoisotopic (exact) mass is 274 g/mol. The molecule has 0 radical (unpaired) electrons. The van der Waals surface area contributed by atoms with Gasteiger partial charge in [0.2, 0.25) is 17.7 Å². The second-order valence-electron chi connectivity index (χ2n) is 2.85. The van der Waals surface area contributed by atoms with Crippen LogP contribution in [-0.4, -0.2) is 9.97 Å². The molecular weight excluding hydrogens is 270 g/mol. The number of halogens is 3. The van der Waals surface area contributed by atoms with Gasteiger partial charge in [-0.25, -0.2) is 0 Å². The summed E-state index contributed by atoms with van der Waals surface area (Å²) in [5.41, 5.74) is 0. The predicted octanol–water partition coefficient (Wildman–Crippen LogP) is 3.09. The lowest BCUT2D eigenvalue weighted by atomic mass is 10.4. The lowest BCUT2D eigenvalue weighted by Gasteiger charge is -1.98. The fourth-order valence-electron chi connectivity index (χ4n) is 1.06. The van der Waals surface area contributed by atoms with Gasteiger partial charge in [0, 0.05) is 0 Å². The normalized spacial score (nSPS) is 10.7. The topological polar surface area (TPSA) is 38.9 Å². The largest absolute Gasteiger partial charge is 0.458 e. The molecule has 0 aliphatic rings. The molecule has 2 aromatic heterocycles. The van der Waals surface area contributed by atoms with Crippen LogP contribution in [0, 0.1) is 18.8 Å². The molecule has 0 bridgehead atoms. The van der Waals surface area contributed by atoms with Crippen molar-refractivity contribution in [1.29, 1.82) is 0 Å². The Labute approximate surface area is 92.3 Å². The Bertz CT molecular complexity index is 490. The van der Waals surface area contributed by atoms with E-state index in [4.69, 9.17) is 4.42 Å². The fraction of sp³-hybridized carbons (Fsp3) is 0.111. The average Bonchev–Trinajstić information content (AvgIpc) is 2.60. The van der Waals surface area contributed by atoms with Gasteiger partial charge in [-0.2, -0.15) is 18.7 Å². The van der Waals surface area contributed by atoms with Gasteiger partial charge in [-0.1, -0.05) is 0 Å². The lowest BCUT2D eigenvalue weighted by Crippen LogP contribution is -1.97. The van der Waals surface area contributed by atoms with E-state index >= 15 is 0 Å². The number of hydrogen-bond donors (Lipinski definition) is 0. The highest BCUT2D eigenvalue weighted by Crippen LogP contribution is 2.22. The van der Waals surface area contributed by atoms with Crippen LogP contribution in [-0.2, 0) is 0 Å². The quantitative estimate of drug-likeness (QED) is 0.751. The van der Waals surface area contributed by atoms with E-state index in [0.717, 1.165) is 0 Å². The highest BCUT2D eigenvalue weighted by molar-refractivity contribution is 9.10. The number of nitrogens with zero attached hydrogens (tertiary/aromatic N) is 2. The molecule has 0 aliphatic heterocycles. The SMILES string of the molecule is Cc1ccc(-c2nc(F)c(Br)c(F)n2)o1. The second kappa shape index (κ2) is 3.69. The summed E-state index contributed by atoms with van der Waals surface area (Å²) < 4.78 is 30.9. The molecule has 2 heterocycles. The molecule has 0 atom stereocenters. The molecule has 2 aromatic rings. The Morgan fingerprint density at radius 1 is 1.20 bits per heavy atom. The molecule has 78 valence electrons. The first kappa shape index (κ1) is 10.2. The van der Waals surface area contributed by atoms with Gasteiger partial charge in [-0.05, 0) is 35.0 Å². The third-order valence-electron chi connectivity index (χ3n) is 1.73. The van der Waals surface area contributed by atoms with Crippen LogP contribution in [0.2, 0.25) is 0 Å². The first-order valence-corrected chi connectivity index (χ1v) is 4.82. The Morgan fingerprint density at radius 3 is 2.27 bits per heavy atom. The van der Waals surface area contributed by atoms with E-state index in [-0.39, 0.29) is 16.1 Å². The van der Waals surface area contributed by atoms with Crippen LogP contribution >= 0.6 is 15.9 Å². The maximum absolute atomic E-state index is 13.1. The highest BCUT2D eigenvalue weighted by Gasteiger charge is 2.14. The van der Waals surface area contributed by atoms with Gasteiger partial charge < -0.3 is 4.42 Å². The van der Waals surface area contributed by atoms with Crippen LogP contribution < -0.4 is 0 Å². The number of aryl methyl sites for hydroxylation is 1. The molecule has 2 rings (SSSR count). The Morgan fingerprint density at radius 2 is 1.80 bits per heavy atom. The summed E-state index contributed by atoms with van der Waals surface area (Å²) in [5.74, 6) is -1.16. The zero-order chi connectivity index (χ0) is 11.0. The van der Waals surface area contributed by atoms with Gasteiger partial charge in [0.1, 0.15) is 10.2 Å². The van der Waals surface area contributed by atoms with Gasteiger partial charge in [0.05, 0.1) is 0 Å². The van der Waals surface area contributed by atoms with Gasteiger partial charge in [0.15, 0.2) is 5.76 Å². The summed E-state index contributed by atoms with van der Waals surface area (Å²) in [6.45, 7) is 1.72. The Balaban J connectivity index is 2.55. The minimum Gasteiger partial charge on any atom is -0.458 e. The van der Waals surface area contributed by atoms with Gasteiger partial charge in [-0.3, -0.25) is 0 Å². The smallest absolute Gasteiger partial charge is 0.234 e. The van der Waals surface area contributed by atoms with Crippen LogP contribution in [0.1, 0.15) is 5.76 Å². The van der Waals surface area contributed by atoms with Crippen molar-refractivity contribution in [2.75, 3.05) is 0 Å². The molecule has 6 heteroatoms. The van der Waals surface area contributed by atoms with E-state index in [1.807, 2.05) is 0 Å². The van der Waals surface area contributed by atoms with Crippen molar-refractivity contribution in [2.24, 2.45) is 0 Å². The summed E-state index contributed by atoms with van der Waals surface area (Å²) in [7, 11) is 0. The second-order valence-corrected chi connectivity index (χ2v) is 3.65. The molecule has 0 spiro atoms. The molecule has 3 nitrogen and oxygen atoms in total. The van der Waals surface area contributed by atoms with Crippen LogP contribution in [0.4, 0.5) is 8.78 Å². The van der Waals surface area contributed by atoms with E-state index in [1.54, 1.807) is 19.1 Å². The summed E-state index contributed by atoms with van der Waals surface area (Å²) in [6.07, 6.45) is 0. The lowest BCUT2D eigenvalue weighted by molar-refractivity contribution is 0.501. The minimum absolute atomic E-state index is 0.110. The third-order valence-corrected chi connectivity index (χ3v) is 2.39. The number of rotatable bonds is 1. The molecule has 0 unspecified atom stereocenters. The minimum atomic E-state index is -0.952. The van der Waals surface area contributed by atoms with Crippen molar-refractivity contribution in [3.8, 4) is 11.6 Å². The fourth-order valence-corrected chi connectivity index (χ4v) is 1.24. The van der Waals surface area contributed by atoms with Crippen LogP contribution in [0.25, 0.3) is 11.6 Å². The van der Waals surface area contributed by atoms with Gasteiger partial charge >= 0.3 is 0 Å². The van der Waals surface area contributed by atoms with Crippen LogP contribution in [0.15, 0.2) is 21.0 Å². The first-order valence-electron chi connectivity index (χ1n) is 4.03. The molecule has 0 N–H and O–H groups in total. The van der Waals surface area contributed by atoms with Gasteiger partial charge in [0.25, 0.3) is 0 Å². The van der Waals surface area contributed by atoms with Crippen molar-refractivity contribution >= 4 is 15.9 Å². The first-order chi connectivity index (χ1) is 7.08. The molecule has 0 fully saturated rings. The van der Waals surface area contributed by atoms with Crippen molar-refractivity contribution in [3.63, 3.8) is 0 Å². The zero-order valence-corrected chi connectivity index (χ0v) is 9.18. The molecule has 0 aromatic carbocycles. The van der Waals surface area contributed by atoms with Crippen LogP contribution in [0.3, 0.4) is 0 Å². The molecule has 15 heavy (non-hydrogen) atoms. The zero-order valence-electron chi connectivity index (χ0n) is 7.59. The summed E-state index contributed by atoms with van der Waals surface area (Å²) in [4.78, 5) is 6.92. The van der Waals surface area contributed by atoms with E-state index < -0.39 is 11.9 Å². The van der Waals surface area contributed by atoms with Crippen molar-refractivity contribution in [1.82, 2.24) is 9.97 Å².